The van der Waals surface area contributed by atoms with Crippen LogP contribution in [0.4, 0.5) is 0 Å². The number of hydrogen-bond acceptors (Lipinski definition) is 2. The first-order valence-corrected chi connectivity index (χ1v) is 6.56. The van der Waals surface area contributed by atoms with E-state index in [0.717, 1.165) is 30.7 Å². The van der Waals surface area contributed by atoms with Crippen molar-refractivity contribution in [3.63, 3.8) is 0 Å². The Balaban J connectivity index is 1.88. The minimum atomic E-state index is 0.0614. The fourth-order valence-electron chi connectivity index (χ4n) is 2.54. The number of benzene rings is 1. The van der Waals surface area contributed by atoms with E-state index in [2.05, 4.69) is 0 Å². The first kappa shape index (κ1) is 12.9. The zero-order valence-corrected chi connectivity index (χ0v) is 11.0. The van der Waals surface area contributed by atoms with Crippen molar-refractivity contribution in [3.8, 4) is 0 Å². The summed E-state index contributed by atoms with van der Waals surface area (Å²) in [6.45, 7) is 0. The summed E-state index contributed by atoms with van der Waals surface area (Å²) in [5.41, 5.74) is 7.51. The van der Waals surface area contributed by atoms with Crippen LogP contribution in [-0.2, 0) is 11.2 Å². The Hall–Kier alpha value is -0.570. The SMILES string of the molecule is COC1(CC(N)Cc2ccc(Cl)cc2)CCC1. The largest absolute Gasteiger partial charge is 0.378 e. The molecule has 17 heavy (non-hydrogen) atoms. The van der Waals surface area contributed by atoms with Gasteiger partial charge in [-0.3, -0.25) is 0 Å². The molecule has 1 unspecified atom stereocenters. The molecule has 0 aliphatic heterocycles. The van der Waals surface area contributed by atoms with Gasteiger partial charge in [-0.15, -0.1) is 0 Å². The van der Waals surface area contributed by atoms with Gasteiger partial charge in [0.2, 0.25) is 0 Å². The third kappa shape index (κ3) is 3.21. The average molecular weight is 254 g/mol. The smallest absolute Gasteiger partial charge is 0.0693 e. The molecule has 1 aromatic carbocycles. The van der Waals surface area contributed by atoms with Crippen molar-refractivity contribution in [2.45, 2.75) is 43.7 Å². The highest BCUT2D eigenvalue weighted by atomic mass is 35.5. The molecule has 0 amide bonds. The summed E-state index contributed by atoms with van der Waals surface area (Å²) in [5, 5.41) is 0.773. The van der Waals surface area contributed by atoms with Crippen molar-refractivity contribution >= 4 is 11.6 Å². The van der Waals surface area contributed by atoms with Gasteiger partial charge < -0.3 is 10.5 Å². The topological polar surface area (TPSA) is 35.2 Å². The van der Waals surface area contributed by atoms with Gasteiger partial charge in [0, 0.05) is 18.2 Å². The molecule has 2 N–H and O–H groups in total. The lowest BCUT2D eigenvalue weighted by Gasteiger charge is -2.42. The predicted molar refractivity (Wildman–Crippen MR) is 71.3 cm³/mol. The first-order valence-electron chi connectivity index (χ1n) is 6.19. The molecule has 0 aromatic heterocycles. The maximum absolute atomic E-state index is 6.20. The second kappa shape index (κ2) is 5.38. The Bertz CT molecular complexity index is 353. The zero-order valence-electron chi connectivity index (χ0n) is 10.3. The van der Waals surface area contributed by atoms with E-state index in [1.54, 1.807) is 7.11 Å². The third-order valence-electron chi connectivity index (χ3n) is 3.74. The van der Waals surface area contributed by atoms with Crippen LogP contribution < -0.4 is 5.73 Å². The van der Waals surface area contributed by atoms with Crippen LogP contribution in [0.2, 0.25) is 5.02 Å². The zero-order chi connectivity index (χ0) is 12.3. The number of rotatable bonds is 5. The van der Waals surface area contributed by atoms with Crippen molar-refractivity contribution in [2.75, 3.05) is 7.11 Å². The maximum Gasteiger partial charge on any atom is 0.0693 e. The molecule has 2 rings (SSSR count). The van der Waals surface area contributed by atoms with E-state index in [9.17, 15) is 0 Å². The highest BCUT2D eigenvalue weighted by Gasteiger charge is 2.38. The molecular weight excluding hydrogens is 234 g/mol. The summed E-state index contributed by atoms with van der Waals surface area (Å²) >= 11 is 5.86. The number of ether oxygens (including phenoxy) is 1. The van der Waals surface area contributed by atoms with E-state index < -0.39 is 0 Å². The number of hydrogen-bond donors (Lipinski definition) is 1. The van der Waals surface area contributed by atoms with Crippen LogP contribution in [0.5, 0.6) is 0 Å². The summed E-state index contributed by atoms with van der Waals surface area (Å²) in [7, 11) is 1.80. The van der Waals surface area contributed by atoms with Crippen molar-refractivity contribution in [3.05, 3.63) is 34.9 Å². The molecule has 1 fully saturated rings. The summed E-state index contributed by atoms with van der Waals surface area (Å²) in [6.07, 6.45) is 5.41. The molecule has 94 valence electrons. The highest BCUT2D eigenvalue weighted by molar-refractivity contribution is 6.30. The van der Waals surface area contributed by atoms with E-state index in [1.807, 2.05) is 24.3 Å². The van der Waals surface area contributed by atoms with E-state index >= 15 is 0 Å². The number of methoxy groups -OCH3 is 1. The fraction of sp³-hybridized carbons (Fsp3) is 0.571. The Morgan fingerprint density at radius 3 is 2.47 bits per heavy atom. The van der Waals surface area contributed by atoms with Crippen LogP contribution in [0.3, 0.4) is 0 Å². The van der Waals surface area contributed by atoms with E-state index in [4.69, 9.17) is 22.1 Å². The Morgan fingerprint density at radius 1 is 1.35 bits per heavy atom. The van der Waals surface area contributed by atoms with Crippen molar-refractivity contribution in [1.29, 1.82) is 0 Å². The van der Waals surface area contributed by atoms with Gasteiger partial charge in [-0.05, 0) is 49.8 Å². The van der Waals surface area contributed by atoms with E-state index in [-0.39, 0.29) is 11.6 Å². The lowest BCUT2D eigenvalue weighted by atomic mass is 9.75. The molecule has 0 radical (unpaired) electrons. The number of halogens is 1. The van der Waals surface area contributed by atoms with E-state index in [0.29, 0.717) is 0 Å². The summed E-state index contributed by atoms with van der Waals surface area (Å²) in [6, 6.07) is 8.08. The average Bonchev–Trinajstić information content (AvgIpc) is 2.27. The third-order valence-corrected chi connectivity index (χ3v) is 4.00. The van der Waals surface area contributed by atoms with Crippen LogP contribution >= 0.6 is 11.6 Å². The standard InChI is InChI=1S/C14H20ClNO/c1-17-14(7-2-8-14)10-13(16)9-11-3-5-12(15)6-4-11/h3-6,13H,2,7-10,16H2,1H3. The molecule has 1 aliphatic rings. The fourth-order valence-corrected chi connectivity index (χ4v) is 2.66. The van der Waals surface area contributed by atoms with Crippen molar-refractivity contribution < 1.29 is 4.74 Å². The lowest BCUT2D eigenvalue weighted by Crippen LogP contribution is -2.44. The highest BCUT2D eigenvalue weighted by Crippen LogP contribution is 2.38. The van der Waals surface area contributed by atoms with Crippen LogP contribution in [0.25, 0.3) is 0 Å². The number of nitrogens with two attached hydrogens (primary N) is 1. The minimum Gasteiger partial charge on any atom is -0.378 e. The summed E-state index contributed by atoms with van der Waals surface area (Å²) in [5.74, 6) is 0. The quantitative estimate of drug-likeness (QED) is 0.875. The normalized spacial score (nSPS) is 19.7. The molecule has 1 aliphatic carbocycles. The summed E-state index contributed by atoms with van der Waals surface area (Å²) in [4.78, 5) is 0. The first-order chi connectivity index (χ1) is 8.13. The monoisotopic (exact) mass is 253 g/mol. The van der Waals surface area contributed by atoms with Crippen LogP contribution in [0, 0.1) is 0 Å². The second-order valence-corrected chi connectivity index (χ2v) is 5.47. The van der Waals surface area contributed by atoms with Gasteiger partial charge in [0.25, 0.3) is 0 Å². The van der Waals surface area contributed by atoms with Gasteiger partial charge in [0.1, 0.15) is 0 Å². The predicted octanol–water partition coefficient (Wildman–Crippen LogP) is 3.17. The van der Waals surface area contributed by atoms with Gasteiger partial charge in [0.15, 0.2) is 0 Å². The van der Waals surface area contributed by atoms with Gasteiger partial charge in [0.05, 0.1) is 5.60 Å². The minimum absolute atomic E-state index is 0.0614. The molecule has 0 bridgehead atoms. The van der Waals surface area contributed by atoms with Gasteiger partial charge in [-0.2, -0.15) is 0 Å². The van der Waals surface area contributed by atoms with Gasteiger partial charge >= 0.3 is 0 Å². The Kier molecular flexibility index (Phi) is 4.08. The lowest BCUT2D eigenvalue weighted by molar-refractivity contribution is -0.0813. The van der Waals surface area contributed by atoms with Gasteiger partial charge in [-0.25, -0.2) is 0 Å². The molecular formula is C14H20ClNO. The van der Waals surface area contributed by atoms with E-state index in [1.165, 1.54) is 12.0 Å². The van der Waals surface area contributed by atoms with Crippen LogP contribution in [0.1, 0.15) is 31.2 Å². The molecule has 1 atom stereocenters. The second-order valence-electron chi connectivity index (χ2n) is 5.04. The maximum atomic E-state index is 6.20. The molecule has 0 saturated heterocycles. The molecule has 1 saturated carbocycles. The molecule has 0 spiro atoms. The van der Waals surface area contributed by atoms with Crippen LogP contribution in [0.15, 0.2) is 24.3 Å². The summed E-state index contributed by atoms with van der Waals surface area (Å²) < 4.78 is 5.60. The van der Waals surface area contributed by atoms with Crippen molar-refractivity contribution in [1.82, 2.24) is 0 Å². The molecule has 0 heterocycles. The van der Waals surface area contributed by atoms with Gasteiger partial charge in [-0.1, -0.05) is 23.7 Å². The van der Waals surface area contributed by atoms with Crippen LogP contribution in [-0.4, -0.2) is 18.8 Å². The molecule has 2 nitrogen and oxygen atoms in total. The van der Waals surface area contributed by atoms with Crippen molar-refractivity contribution in [2.24, 2.45) is 5.73 Å². The molecule has 1 aromatic rings. The Labute approximate surface area is 108 Å². The molecule has 3 heteroatoms. The Morgan fingerprint density at radius 2 is 2.00 bits per heavy atom.